The molecule has 1 heterocycles. The summed E-state index contributed by atoms with van der Waals surface area (Å²) in [5, 5.41) is 15.5. The summed E-state index contributed by atoms with van der Waals surface area (Å²) in [5.74, 6) is -0.343. The van der Waals surface area contributed by atoms with Crippen molar-refractivity contribution in [1.29, 1.82) is 0 Å². The van der Waals surface area contributed by atoms with Gasteiger partial charge in [0.1, 0.15) is 0 Å². The van der Waals surface area contributed by atoms with Crippen LogP contribution in [0.2, 0.25) is 0 Å². The molecule has 1 amide bonds. The van der Waals surface area contributed by atoms with Gasteiger partial charge < -0.3 is 15.7 Å². The molecule has 1 aliphatic rings. The Kier molecular flexibility index (Phi) is 6.37. The average Bonchev–Trinajstić information content (AvgIpc) is 2.80. The van der Waals surface area contributed by atoms with Crippen LogP contribution in [0.3, 0.4) is 0 Å². The fourth-order valence-corrected chi connectivity index (χ4v) is 2.97. The van der Waals surface area contributed by atoms with Gasteiger partial charge in [0, 0.05) is 37.4 Å². The minimum absolute atomic E-state index is 0. The summed E-state index contributed by atoms with van der Waals surface area (Å²) in [5.41, 5.74) is 1.06. The maximum absolute atomic E-state index is 12.2. The number of hydrogen-bond acceptors (Lipinski definition) is 5. The summed E-state index contributed by atoms with van der Waals surface area (Å²) < 4.78 is 23.1. The first kappa shape index (κ1) is 18.9. The number of benzene rings is 1. The van der Waals surface area contributed by atoms with Crippen LogP contribution in [0.15, 0.2) is 23.1 Å². The number of rotatable bonds is 4. The Morgan fingerprint density at radius 3 is 2.64 bits per heavy atom. The topological polar surface area (TPSA) is 95.5 Å². The number of aliphatic hydroxyl groups is 1. The standard InChI is InChI=1S/C14H20N2O4S.ClH/c1-9-3-4-11(21(2,19)20)5-12(9)14(18)16-7-10-6-15-8-13(10)17;/h3-5,10,13,15,17H,6-8H2,1-2H3,(H,16,18);1H. The molecular formula is C14H21ClN2O4S. The lowest BCUT2D eigenvalue weighted by molar-refractivity contribution is 0.0926. The van der Waals surface area contributed by atoms with E-state index in [1.54, 1.807) is 13.0 Å². The van der Waals surface area contributed by atoms with E-state index in [2.05, 4.69) is 10.6 Å². The van der Waals surface area contributed by atoms with Crippen LogP contribution >= 0.6 is 12.4 Å². The number of sulfone groups is 1. The van der Waals surface area contributed by atoms with Gasteiger partial charge in [0.05, 0.1) is 11.0 Å². The first-order valence-corrected chi connectivity index (χ1v) is 8.66. The molecule has 2 rings (SSSR count). The zero-order valence-electron chi connectivity index (χ0n) is 12.5. The minimum atomic E-state index is -3.34. The van der Waals surface area contributed by atoms with Crippen molar-refractivity contribution < 1.29 is 18.3 Å². The van der Waals surface area contributed by atoms with Crippen LogP contribution in [0.1, 0.15) is 15.9 Å². The van der Waals surface area contributed by atoms with Crippen LogP contribution in [0.4, 0.5) is 0 Å². The lowest BCUT2D eigenvalue weighted by atomic mass is 10.1. The molecule has 2 unspecified atom stereocenters. The summed E-state index contributed by atoms with van der Waals surface area (Å²) in [6, 6.07) is 4.51. The molecule has 22 heavy (non-hydrogen) atoms. The molecule has 1 aliphatic heterocycles. The first-order valence-electron chi connectivity index (χ1n) is 6.76. The van der Waals surface area contributed by atoms with Crippen LogP contribution in [0, 0.1) is 12.8 Å². The van der Waals surface area contributed by atoms with Crippen LogP contribution in [0.5, 0.6) is 0 Å². The van der Waals surface area contributed by atoms with Crippen LogP contribution < -0.4 is 10.6 Å². The minimum Gasteiger partial charge on any atom is -0.391 e. The van der Waals surface area contributed by atoms with Gasteiger partial charge in [-0.2, -0.15) is 0 Å². The van der Waals surface area contributed by atoms with Gasteiger partial charge >= 0.3 is 0 Å². The number of carbonyl (C=O) groups excluding carboxylic acids is 1. The molecule has 0 aliphatic carbocycles. The Morgan fingerprint density at radius 2 is 2.09 bits per heavy atom. The zero-order chi connectivity index (χ0) is 15.6. The van der Waals surface area contributed by atoms with E-state index in [-0.39, 0.29) is 29.1 Å². The van der Waals surface area contributed by atoms with Crippen molar-refractivity contribution in [3.05, 3.63) is 29.3 Å². The van der Waals surface area contributed by atoms with Crippen LogP contribution in [-0.2, 0) is 9.84 Å². The molecule has 0 aromatic heterocycles. The van der Waals surface area contributed by atoms with Crippen molar-refractivity contribution in [2.45, 2.75) is 17.9 Å². The quantitative estimate of drug-likeness (QED) is 0.719. The third-order valence-electron chi connectivity index (χ3n) is 3.71. The number of amides is 1. The number of aliphatic hydroxyl groups excluding tert-OH is 1. The second-order valence-corrected chi connectivity index (χ2v) is 7.46. The molecular weight excluding hydrogens is 328 g/mol. The molecule has 124 valence electrons. The average molecular weight is 349 g/mol. The molecule has 6 nitrogen and oxygen atoms in total. The van der Waals surface area contributed by atoms with Crippen molar-refractivity contribution >= 4 is 28.2 Å². The van der Waals surface area contributed by atoms with Crippen molar-refractivity contribution in [2.24, 2.45) is 5.92 Å². The van der Waals surface area contributed by atoms with E-state index >= 15 is 0 Å². The second kappa shape index (κ2) is 7.41. The Bertz CT molecular complexity index is 648. The fourth-order valence-electron chi connectivity index (χ4n) is 2.32. The van der Waals surface area contributed by atoms with Crippen molar-refractivity contribution in [3.63, 3.8) is 0 Å². The molecule has 0 saturated carbocycles. The molecule has 3 N–H and O–H groups in total. The van der Waals surface area contributed by atoms with Crippen molar-refractivity contribution in [2.75, 3.05) is 25.9 Å². The smallest absolute Gasteiger partial charge is 0.251 e. The lowest BCUT2D eigenvalue weighted by Gasteiger charge is -2.15. The summed E-state index contributed by atoms with van der Waals surface area (Å²) in [7, 11) is -3.34. The second-order valence-electron chi connectivity index (χ2n) is 5.44. The van der Waals surface area contributed by atoms with Gasteiger partial charge in [0.15, 0.2) is 9.84 Å². The van der Waals surface area contributed by atoms with Gasteiger partial charge in [-0.05, 0) is 24.6 Å². The third-order valence-corrected chi connectivity index (χ3v) is 4.82. The molecule has 1 saturated heterocycles. The third kappa shape index (κ3) is 4.42. The molecule has 2 atom stereocenters. The van der Waals surface area contributed by atoms with E-state index in [1.165, 1.54) is 12.1 Å². The van der Waals surface area contributed by atoms with Gasteiger partial charge in [0.2, 0.25) is 0 Å². The highest BCUT2D eigenvalue weighted by atomic mass is 35.5. The van der Waals surface area contributed by atoms with E-state index in [9.17, 15) is 18.3 Å². The summed E-state index contributed by atoms with van der Waals surface area (Å²) in [6.45, 7) is 3.30. The van der Waals surface area contributed by atoms with E-state index in [0.29, 0.717) is 30.8 Å². The molecule has 0 spiro atoms. The normalized spacial score (nSPS) is 21.2. The molecule has 8 heteroatoms. The van der Waals surface area contributed by atoms with E-state index in [0.717, 1.165) is 6.26 Å². The number of nitrogens with one attached hydrogen (secondary N) is 2. The molecule has 0 radical (unpaired) electrons. The van der Waals surface area contributed by atoms with E-state index in [1.807, 2.05) is 0 Å². The highest BCUT2D eigenvalue weighted by Crippen LogP contribution is 2.16. The van der Waals surface area contributed by atoms with E-state index in [4.69, 9.17) is 0 Å². The maximum atomic E-state index is 12.2. The van der Waals surface area contributed by atoms with Crippen LogP contribution in [-0.4, -0.2) is 51.4 Å². The SMILES string of the molecule is Cc1ccc(S(C)(=O)=O)cc1C(=O)NCC1CNCC1O.Cl. The number of aryl methyl sites for hydroxylation is 1. The molecule has 1 aromatic carbocycles. The van der Waals surface area contributed by atoms with Gasteiger partial charge in [0.25, 0.3) is 5.91 Å². The molecule has 1 aromatic rings. The molecule has 0 bridgehead atoms. The maximum Gasteiger partial charge on any atom is 0.251 e. The number of hydrogen-bond donors (Lipinski definition) is 3. The largest absolute Gasteiger partial charge is 0.391 e. The predicted octanol–water partition coefficient (Wildman–Crippen LogP) is 0.130. The highest BCUT2D eigenvalue weighted by Gasteiger charge is 2.25. The monoisotopic (exact) mass is 348 g/mol. The highest BCUT2D eigenvalue weighted by molar-refractivity contribution is 7.90. The summed E-state index contributed by atoms with van der Waals surface area (Å²) in [6.07, 6.45) is 0.647. The Hall–Kier alpha value is -1.15. The van der Waals surface area contributed by atoms with Crippen molar-refractivity contribution in [1.82, 2.24) is 10.6 Å². The van der Waals surface area contributed by atoms with Gasteiger partial charge in [-0.15, -0.1) is 12.4 Å². The first-order chi connectivity index (χ1) is 9.79. The predicted molar refractivity (Wildman–Crippen MR) is 86.2 cm³/mol. The Labute approximate surface area is 136 Å². The zero-order valence-corrected chi connectivity index (χ0v) is 14.1. The Balaban J connectivity index is 0.00000242. The van der Waals surface area contributed by atoms with Crippen molar-refractivity contribution in [3.8, 4) is 0 Å². The van der Waals surface area contributed by atoms with Crippen LogP contribution in [0.25, 0.3) is 0 Å². The number of halogens is 1. The fraction of sp³-hybridized carbons (Fsp3) is 0.500. The van der Waals surface area contributed by atoms with Gasteiger partial charge in [-0.3, -0.25) is 4.79 Å². The Morgan fingerprint density at radius 1 is 1.41 bits per heavy atom. The van der Waals surface area contributed by atoms with E-state index < -0.39 is 15.9 Å². The van der Waals surface area contributed by atoms with Gasteiger partial charge in [-0.1, -0.05) is 6.07 Å². The number of carbonyl (C=O) groups is 1. The van der Waals surface area contributed by atoms with Gasteiger partial charge in [-0.25, -0.2) is 8.42 Å². The number of β-amino-alcohol motifs (C(OH)–C–C–N with tert-alkyl or cyclic N) is 1. The summed E-state index contributed by atoms with van der Waals surface area (Å²) >= 11 is 0. The summed E-state index contributed by atoms with van der Waals surface area (Å²) in [4.78, 5) is 12.3. The molecule has 1 fully saturated rings. The lowest BCUT2D eigenvalue weighted by Crippen LogP contribution is -2.34.